The fourth-order valence-corrected chi connectivity index (χ4v) is 2.41. The quantitative estimate of drug-likeness (QED) is 0.783. The molecule has 1 unspecified atom stereocenters. The number of amides is 1. The van der Waals surface area contributed by atoms with Crippen LogP contribution in [0.5, 0.6) is 0 Å². The van der Waals surface area contributed by atoms with E-state index in [9.17, 15) is 4.79 Å². The van der Waals surface area contributed by atoms with E-state index in [2.05, 4.69) is 17.4 Å². The molecule has 86 valence electrons. The Morgan fingerprint density at radius 1 is 1.25 bits per heavy atom. The average Bonchev–Trinajstić information content (AvgIpc) is 2.53. The van der Waals surface area contributed by atoms with E-state index in [1.54, 1.807) is 0 Å². The van der Waals surface area contributed by atoms with Gasteiger partial charge in [-0.25, -0.2) is 0 Å². The molecule has 0 bridgehead atoms. The number of carbonyl (C=O) groups excluding carboxylic acids is 1. The molecule has 1 atom stereocenters. The van der Waals surface area contributed by atoms with Crippen LogP contribution in [0.1, 0.15) is 24.8 Å². The molecule has 1 aliphatic heterocycles. The summed E-state index contributed by atoms with van der Waals surface area (Å²) in [6.07, 6.45) is 2.35. The maximum atomic E-state index is 11.4. The van der Waals surface area contributed by atoms with E-state index in [1.807, 2.05) is 18.2 Å². The highest BCUT2D eigenvalue weighted by molar-refractivity contribution is 5.76. The standard InChI is InChI=1S/C13H18N2O/c14-10-13(11-4-2-1-3-5-11)7-6-12(16)15-9-8-13/h1-5H,6-10,14H2,(H,15,16). The van der Waals surface area contributed by atoms with Gasteiger partial charge in [0.05, 0.1) is 0 Å². The summed E-state index contributed by atoms with van der Waals surface area (Å²) in [4.78, 5) is 11.4. The first-order valence-electron chi connectivity index (χ1n) is 5.79. The van der Waals surface area contributed by atoms with E-state index in [1.165, 1.54) is 5.56 Å². The average molecular weight is 218 g/mol. The summed E-state index contributed by atoms with van der Waals surface area (Å²) in [6.45, 7) is 1.33. The maximum absolute atomic E-state index is 11.4. The molecule has 1 aliphatic rings. The van der Waals surface area contributed by atoms with E-state index < -0.39 is 0 Å². The van der Waals surface area contributed by atoms with Gasteiger partial charge in [-0.3, -0.25) is 4.79 Å². The van der Waals surface area contributed by atoms with Gasteiger partial charge in [0.1, 0.15) is 0 Å². The molecular formula is C13H18N2O. The van der Waals surface area contributed by atoms with Crippen LogP contribution in [0.3, 0.4) is 0 Å². The fourth-order valence-electron chi connectivity index (χ4n) is 2.41. The summed E-state index contributed by atoms with van der Waals surface area (Å²) in [5.41, 5.74) is 7.18. The maximum Gasteiger partial charge on any atom is 0.220 e. The minimum atomic E-state index is -0.0274. The summed E-state index contributed by atoms with van der Waals surface area (Å²) in [7, 11) is 0. The fraction of sp³-hybridized carbons (Fsp3) is 0.462. The van der Waals surface area contributed by atoms with Gasteiger partial charge in [-0.1, -0.05) is 30.3 Å². The molecule has 16 heavy (non-hydrogen) atoms. The Labute approximate surface area is 96.0 Å². The lowest BCUT2D eigenvalue weighted by atomic mass is 9.74. The van der Waals surface area contributed by atoms with E-state index >= 15 is 0 Å². The molecule has 1 aromatic rings. The molecule has 1 fully saturated rings. The van der Waals surface area contributed by atoms with Gasteiger partial charge in [0.15, 0.2) is 0 Å². The van der Waals surface area contributed by atoms with Gasteiger partial charge in [0, 0.05) is 24.9 Å². The molecule has 0 radical (unpaired) electrons. The molecule has 0 spiro atoms. The van der Waals surface area contributed by atoms with Crippen molar-refractivity contribution in [2.45, 2.75) is 24.7 Å². The van der Waals surface area contributed by atoms with Crippen LogP contribution in [0.25, 0.3) is 0 Å². The van der Waals surface area contributed by atoms with E-state index in [0.29, 0.717) is 13.0 Å². The zero-order chi connectivity index (χ0) is 11.4. The van der Waals surface area contributed by atoms with Crippen molar-refractivity contribution in [1.82, 2.24) is 5.32 Å². The molecule has 0 aromatic heterocycles. The van der Waals surface area contributed by atoms with Gasteiger partial charge < -0.3 is 11.1 Å². The first-order valence-corrected chi connectivity index (χ1v) is 5.79. The van der Waals surface area contributed by atoms with Crippen LogP contribution in [0.4, 0.5) is 0 Å². The third-order valence-electron chi connectivity index (χ3n) is 3.53. The SMILES string of the molecule is NCC1(c2ccccc2)CCNC(=O)CC1. The lowest BCUT2D eigenvalue weighted by Crippen LogP contribution is -2.36. The van der Waals surface area contributed by atoms with Crippen molar-refractivity contribution in [3.05, 3.63) is 35.9 Å². The van der Waals surface area contributed by atoms with Gasteiger partial charge in [0.2, 0.25) is 5.91 Å². The number of rotatable bonds is 2. The molecule has 1 heterocycles. The Bertz CT molecular complexity index is 363. The van der Waals surface area contributed by atoms with Crippen molar-refractivity contribution < 1.29 is 4.79 Å². The number of nitrogens with two attached hydrogens (primary N) is 1. The molecule has 3 nitrogen and oxygen atoms in total. The first kappa shape index (κ1) is 11.1. The van der Waals surface area contributed by atoms with E-state index in [0.717, 1.165) is 19.4 Å². The van der Waals surface area contributed by atoms with Crippen LogP contribution < -0.4 is 11.1 Å². The smallest absolute Gasteiger partial charge is 0.220 e. The monoisotopic (exact) mass is 218 g/mol. The largest absolute Gasteiger partial charge is 0.356 e. The second kappa shape index (κ2) is 4.66. The summed E-state index contributed by atoms with van der Waals surface area (Å²) < 4.78 is 0. The van der Waals surface area contributed by atoms with Crippen molar-refractivity contribution in [2.24, 2.45) is 5.73 Å². The molecule has 3 heteroatoms. The molecule has 0 aliphatic carbocycles. The lowest BCUT2D eigenvalue weighted by molar-refractivity contribution is -0.120. The van der Waals surface area contributed by atoms with Gasteiger partial charge in [0.25, 0.3) is 0 Å². The van der Waals surface area contributed by atoms with Gasteiger partial charge in [-0.2, -0.15) is 0 Å². The topological polar surface area (TPSA) is 55.1 Å². The van der Waals surface area contributed by atoms with Gasteiger partial charge in [-0.15, -0.1) is 0 Å². The molecule has 3 N–H and O–H groups in total. The van der Waals surface area contributed by atoms with Crippen molar-refractivity contribution in [1.29, 1.82) is 0 Å². The zero-order valence-electron chi connectivity index (χ0n) is 9.41. The van der Waals surface area contributed by atoms with Crippen LogP contribution in [0, 0.1) is 0 Å². The van der Waals surface area contributed by atoms with Crippen LogP contribution in [0.15, 0.2) is 30.3 Å². The summed E-state index contributed by atoms with van der Waals surface area (Å²) in [5.74, 6) is 0.145. The second-order valence-corrected chi connectivity index (χ2v) is 4.45. The van der Waals surface area contributed by atoms with Crippen molar-refractivity contribution in [3.63, 3.8) is 0 Å². The van der Waals surface area contributed by atoms with E-state index in [4.69, 9.17) is 5.73 Å². The minimum absolute atomic E-state index is 0.0274. The molecule has 1 saturated heterocycles. The number of hydrogen-bond acceptors (Lipinski definition) is 2. The first-order chi connectivity index (χ1) is 7.77. The Hall–Kier alpha value is -1.35. The normalized spacial score (nSPS) is 25.9. The predicted molar refractivity (Wildman–Crippen MR) is 64.0 cm³/mol. The Morgan fingerprint density at radius 3 is 2.69 bits per heavy atom. The number of carbonyl (C=O) groups is 1. The van der Waals surface area contributed by atoms with Crippen molar-refractivity contribution >= 4 is 5.91 Å². The molecule has 2 rings (SSSR count). The molecule has 1 aromatic carbocycles. The summed E-state index contributed by atoms with van der Waals surface area (Å²) in [5, 5.41) is 2.91. The number of nitrogens with one attached hydrogen (secondary N) is 1. The van der Waals surface area contributed by atoms with Crippen LogP contribution in [-0.4, -0.2) is 19.0 Å². The predicted octanol–water partition coefficient (Wildman–Crippen LogP) is 1.18. The zero-order valence-corrected chi connectivity index (χ0v) is 9.41. The third kappa shape index (κ3) is 2.09. The lowest BCUT2D eigenvalue weighted by Gasteiger charge is -2.31. The van der Waals surface area contributed by atoms with Crippen LogP contribution in [-0.2, 0) is 10.2 Å². The van der Waals surface area contributed by atoms with Crippen molar-refractivity contribution in [3.8, 4) is 0 Å². The Balaban J connectivity index is 2.28. The van der Waals surface area contributed by atoms with Crippen molar-refractivity contribution in [2.75, 3.05) is 13.1 Å². The highest BCUT2D eigenvalue weighted by atomic mass is 16.1. The highest BCUT2D eigenvalue weighted by Gasteiger charge is 2.32. The van der Waals surface area contributed by atoms with Crippen LogP contribution in [0.2, 0.25) is 0 Å². The summed E-state index contributed by atoms with van der Waals surface area (Å²) in [6, 6.07) is 10.3. The summed E-state index contributed by atoms with van der Waals surface area (Å²) >= 11 is 0. The number of benzene rings is 1. The third-order valence-corrected chi connectivity index (χ3v) is 3.53. The Morgan fingerprint density at radius 2 is 2.00 bits per heavy atom. The molecule has 1 amide bonds. The van der Waals surface area contributed by atoms with Gasteiger partial charge in [-0.05, 0) is 18.4 Å². The highest BCUT2D eigenvalue weighted by Crippen LogP contribution is 2.33. The molecular weight excluding hydrogens is 200 g/mol. The Kier molecular flexibility index (Phi) is 3.25. The van der Waals surface area contributed by atoms with E-state index in [-0.39, 0.29) is 11.3 Å². The number of hydrogen-bond donors (Lipinski definition) is 2. The molecule has 0 saturated carbocycles. The van der Waals surface area contributed by atoms with Crippen LogP contribution >= 0.6 is 0 Å². The van der Waals surface area contributed by atoms with Gasteiger partial charge >= 0.3 is 0 Å². The minimum Gasteiger partial charge on any atom is -0.356 e. The second-order valence-electron chi connectivity index (χ2n) is 4.45.